The lowest BCUT2D eigenvalue weighted by molar-refractivity contribution is 0.127. The van der Waals surface area contributed by atoms with Crippen LogP contribution in [0.5, 0.6) is 0 Å². The summed E-state index contributed by atoms with van der Waals surface area (Å²) in [6.45, 7) is 8.64. The third-order valence-corrected chi connectivity index (χ3v) is 6.45. The molecule has 0 amide bonds. The van der Waals surface area contributed by atoms with E-state index < -0.39 is 39.5 Å². The predicted molar refractivity (Wildman–Crippen MR) is 117 cm³/mol. The van der Waals surface area contributed by atoms with Crippen molar-refractivity contribution < 1.29 is 22.5 Å². The van der Waals surface area contributed by atoms with Gasteiger partial charge in [-0.05, 0) is 33.8 Å². The molecule has 3 atom stereocenters. The summed E-state index contributed by atoms with van der Waals surface area (Å²) >= 11 is 0. The van der Waals surface area contributed by atoms with Crippen molar-refractivity contribution in [3.05, 3.63) is 65.4 Å². The number of rotatable bonds is 7. The Bertz CT molecular complexity index is 1120. The highest BCUT2D eigenvalue weighted by atomic mass is 32.2. The molecular formula is C22H26F2N4O3S. The number of aliphatic hydroxyl groups excluding tert-OH is 1. The molecule has 0 bridgehead atoms. The van der Waals surface area contributed by atoms with E-state index in [0.717, 1.165) is 6.07 Å². The standard InChI is InChI=1S/C22H26F2N4O3S/c1-12-21(31-13(2)27-12)20(29)8-19(28-32(30)22(3,4)5)16-6-15(17(23)7-18(16)24)14-9-25-11-26-10-14/h6-7,9-11,19-20,28-29H,8H2,1-5H3. The van der Waals surface area contributed by atoms with Crippen LogP contribution in [0.25, 0.3) is 11.1 Å². The molecular weight excluding hydrogens is 438 g/mol. The molecule has 2 heterocycles. The number of halogens is 2. The van der Waals surface area contributed by atoms with E-state index in [0.29, 0.717) is 17.1 Å². The molecule has 3 aromatic rings. The van der Waals surface area contributed by atoms with E-state index in [-0.39, 0.29) is 23.3 Å². The minimum absolute atomic E-state index is 0.0517. The molecule has 0 saturated heterocycles. The van der Waals surface area contributed by atoms with Gasteiger partial charge in [-0.2, -0.15) is 0 Å². The molecule has 0 saturated carbocycles. The van der Waals surface area contributed by atoms with Gasteiger partial charge in [0.2, 0.25) is 0 Å². The number of hydrogen-bond donors (Lipinski definition) is 2. The second-order valence-electron chi connectivity index (χ2n) is 8.47. The first-order valence-electron chi connectivity index (χ1n) is 10.0. The van der Waals surface area contributed by atoms with Crippen molar-refractivity contribution in [2.45, 2.75) is 57.9 Å². The van der Waals surface area contributed by atoms with Crippen LogP contribution in [0.4, 0.5) is 8.78 Å². The summed E-state index contributed by atoms with van der Waals surface area (Å²) in [6.07, 6.45) is 2.90. The van der Waals surface area contributed by atoms with Crippen molar-refractivity contribution >= 4 is 11.0 Å². The quantitative estimate of drug-likeness (QED) is 0.542. The van der Waals surface area contributed by atoms with Gasteiger partial charge < -0.3 is 9.52 Å². The van der Waals surface area contributed by atoms with Crippen LogP contribution < -0.4 is 4.72 Å². The van der Waals surface area contributed by atoms with Gasteiger partial charge in [-0.25, -0.2) is 32.7 Å². The second-order valence-corrected chi connectivity index (χ2v) is 10.5. The maximum Gasteiger partial charge on any atom is 0.191 e. The first kappa shape index (κ1) is 24.1. The number of aliphatic hydroxyl groups is 1. The molecule has 3 unspecified atom stereocenters. The highest BCUT2D eigenvalue weighted by Gasteiger charge is 2.30. The molecule has 0 aliphatic rings. The Hall–Kier alpha value is -2.56. The number of nitrogens with one attached hydrogen (secondary N) is 1. The van der Waals surface area contributed by atoms with Gasteiger partial charge in [0.05, 0.1) is 27.5 Å². The van der Waals surface area contributed by atoms with Crippen LogP contribution in [-0.4, -0.2) is 29.0 Å². The monoisotopic (exact) mass is 464 g/mol. The Labute approximate surface area is 187 Å². The minimum Gasteiger partial charge on any atom is -0.443 e. The van der Waals surface area contributed by atoms with Crippen molar-refractivity contribution in [1.82, 2.24) is 19.7 Å². The van der Waals surface area contributed by atoms with Crippen LogP contribution in [0, 0.1) is 25.5 Å². The molecule has 10 heteroatoms. The summed E-state index contributed by atoms with van der Waals surface area (Å²) in [5.74, 6) is -0.975. The number of hydrogen-bond acceptors (Lipinski definition) is 6. The van der Waals surface area contributed by atoms with E-state index in [9.17, 15) is 18.1 Å². The van der Waals surface area contributed by atoms with Crippen LogP contribution in [0.15, 0.2) is 35.3 Å². The van der Waals surface area contributed by atoms with Crippen molar-refractivity contribution in [2.24, 2.45) is 0 Å². The molecule has 172 valence electrons. The summed E-state index contributed by atoms with van der Waals surface area (Å²) in [5, 5.41) is 10.8. The van der Waals surface area contributed by atoms with Gasteiger partial charge in [0.25, 0.3) is 0 Å². The predicted octanol–water partition coefficient (Wildman–Crippen LogP) is 4.24. The molecule has 0 aliphatic heterocycles. The molecule has 2 N–H and O–H groups in total. The lowest BCUT2D eigenvalue weighted by Gasteiger charge is -2.26. The van der Waals surface area contributed by atoms with E-state index in [1.165, 1.54) is 24.8 Å². The Kier molecular flexibility index (Phi) is 7.16. The van der Waals surface area contributed by atoms with Gasteiger partial charge in [0.1, 0.15) is 24.1 Å². The molecule has 32 heavy (non-hydrogen) atoms. The van der Waals surface area contributed by atoms with Crippen molar-refractivity contribution in [3.63, 3.8) is 0 Å². The van der Waals surface area contributed by atoms with Gasteiger partial charge in [0, 0.05) is 48.5 Å². The number of aromatic nitrogens is 3. The maximum absolute atomic E-state index is 15.0. The van der Waals surface area contributed by atoms with Gasteiger partial charge in [0.15, 0.2) is 11.7 Å². The third kappa shape index (κ3) is 5.43. The van der Waals surface area contributed by atoms with Gasteiger partial charge >= 0.3 is 0 Å². The average Bonchev–Trinajstić information content (AvgIpc) is 3.05. The molecule has 3 rings (SSSR count). The van der Waals surface area contributed by atoms with Crippen LogP contribution in [0.1, 0.15) is 62.2 Å². The zero-order chi connectivity index (χ0) is 23.6. The lowest BCUT2D eigenvalue weighted by Crippen LogP contribution is -2.36. The van der Waals surface area contributed by atoms with Crippen LogP contribution >= 0.6 is 0 Å². The first-order valence-corrected chi connectivity index (χ1v) is 11.2. The van der Waals surface area contributed by atoms with Crippen molar-refractivity contribution in [1.29, 1.82) is 0 Å². The SMILES string of the molecule is Cc1nc(C)c(C(O)CC(NS(=O)C(C)(C)C)c2cc(-c3cncnc3)c(F)cc2F)o1. The fraction of sp³-hybridized carbons (Fsp3) is 0.409. The summed E-state index contributed by atoms with van der Waals surface area (Å²) in [7, 11) is -1.60. The van der Waals surface area contributed by atoms with E-state index in [2.05, 4.69) is 19.7 Å². The normalized spacial score (nSPS) is 14.9. The zero-order valence-electron chi connectivity index (χ0n) is 18.5. The topological polar surface area (TPSA) is 101 Å². The number of aryl methyl sites for hydroxylation is 2. The fourth-order valence-electron chi connectivity index (χ4n) is 3.22. The highest BCUT2D eigenvalue weighted by molar-refractivity contribution is 7.84. The summed E-state index contributed by atoms with van der Waals surface area (Å²) in [5.41, 5.74) is 1.02. The average molecular weight is 465 g/mol. The molecule has 0 fully saturated rings. The van der Waals surface area contributed by atoms with Crippen LogP contribution in [0.2, 0.25) is 0 Å². The van der Waals surface area contributed by atoms with E-state index >= 15 is 0 Å². The molecule has 0 aliphatic carbocycles. The Morgan fingerprint density at radius 1 is 1.16 bits per heavy atom. The third-order valence-electron chi connectivity index (χ3n) is 4.84. The number of oxazole rings is 1. The fourth-order valence-corrected chi connectivity index (χ4v) is 4.06. The number of nitrogens with zero attached hydrogens (tertiary/aromatic N) is 3. The molecule has 2 aromatic heterocycles. The van der Waals surface area contributed by atoms with Crippen molar-refractivity contribution in [2.75, 3.05) is 0 Å². The van der Waals surface area contributed by atoms with E-state index in [1.807, 2.05) is 0 Å². The molecule has 7 nitrogen and oxygen atoms in total. The molecule has 0 radical (unpaired) electrons. The van der Waals surface area contributed by atoms with E-state index in [1.54, 1.807) is 34.6 Å². The maximum atomic E-state index is 15.0. The zero-order valence-corrected chi connectivity index (χ0v) is 19.3. The smallest absolute Gasteiger partial charge is 0.191 e. The summed E-state index contributed by atoms with van der Waals surface area (Å²) < 4.78 is 50.1. The lowest BCUT2D eigenvalue weighted by atomic mass is 9.96. The van der Waals surface area contributed by atoms with E-state index in [4.69, 9.17) is 4.42 Å². The number of benzene rings is 1. The Morgan fingerprint density at radius 3 is 2.38 bits per heavy atom. The van der Waals surface area contributed by atoms with Crippen LogP contribution in [-0.2, 0) is 11.0 Å². The summed E-state index contributed by atoms with van der Waals surface area (Å²) in [6, 6.07) is 1.17. The molecule has 0 spiro atoms. The van der Waals surface area contributed by atoms with Crippen molar-refractivity contribution in [3.8, 4) is 11.1 Å². The Balaban J connectivity index is 2.04. The largest absolute Gasteiger partial charge is 0.443 e. The van der Waals surface area contributed by atoms with Gasteiger partial charge in [-0.1, -0.05) is 0 Å². The second kappa shape index (κ2) is 9.51. The van der Waals surface area contributed by atoms with Gasteiger partial charge in [-0.3, -0.25) is 0 Å². The first-order chi connectivity index (χ1) is 15.0. The van der Waals surface area contributed by atoms with Gasteiger partial charge in [-0.15, -0.1) is 0 Å². The Morgan fingerprint density at radius 2 is 1.81 bits per heavy atom. The highest BCUT2D eigenvalue weighted by Crippen LogP contribution is 2.34. The molecule has 1 aromatic carbocycles. The summed E-state index contributed by atoms with van der Waals surface area (Å²) in [4.78, 5) is 11.9. The minimum atomic E-state index is -1.60. The van der Waals surface area contributed by atoms with Crippen LogP contribution in [0.3, 0.4) is 0 Å².